The van der Waals surface area contributed by atoms with Gasteiger partial charge in [-0.05, 0) is 55.7 Å². The zero-order chi connectivity index (χ0) is 21.7. The number of carbonyl (C=O) groups excluding carboxylic acids is 3. The number of aryl methyl sites for hydroxylation is 2. The predicted molar refractivity (Wildman–Crippen MR) is 118 cm³/mol. The summed E-state index contributed by atoms with van der Waals surface area (Å²) in [5.74, 6) is -0.0454. The van der Waals surface area contributed by atoms with Crippen molar-refractivity contribution >= 4 is 23.4 Å². The number of allylic oxidation sites excluding steroid dienone is 2. The summed E-state index contributed by atoms with van der Waals surface area (Å²) in [7, 11) is 0. The van der Waals surface area contributed by atoms with Crippen LogP contribution in [0.15, 0.2) is 30.4 Å². The van der Waals surface area contributed by atoms with Crippen LogP contribution in [0.25, 0.3) is 0 Å². The summed E-state index contributed by atoms with van der Waals surface area (Å²) in [5, 5.41) is 0. The van der Waals surface area contributed by atoms with Gasteiger partial charge in [0, 0.05) is 44.8 Å². The molecule has 6 nitrogen and oxygen atoms in total. The molecule has 6 heteroatoms. The molecule has 0 aromatic heterocycles. The lowest BCUT2D eigenvalue weighted by atomic mass is 9.63. The number of rotatable bonds is 4. The second kappa shape index (κ2) is 7.81. The van der Waals surface area contributed by atoms with Crippen LogP contribution in [0.5, 0.6) is 0 Å². The van der Waals surface area contributed by atoms with Crippen LogP contribution >= 0.6 is 0 Å². The average Bonchev–Trinajstić information content (AvgIpc) is 3.06. The number of hydrogen-bond donors (Lipinski definition) is 0. The Balaban J connectivity index is 1.16. The Bertz CT molecular complexity index is 915. The summed E-state index contributed by atoms with van der Waals surface area (Å²) >= 11 is 0. The van der Waals surface area contributed by atoms with E-state index in [0.29, 0.717) is 13.1 Å². The van der Waals surface area contributed by atoms with E-state index < -0.39 is 0 Å². The molecule has 2 aliphatic heterocycles. The molecule has 6 rings (SSSR count). The van der Waals surface area contributed by atoms with Crippen LogP contribution in [0.3, 0.4) is 0 Å². The zero-order valence-electron chi connectivity index (χ0n) is 18.4. The van der Waals surface area contributed by atoms with Crippen LogP contribution in [0, 0.1) is 37.5 Å². The van der Waals surface area contributed by atoms with Crippen molar-refractivity contribution in [3.63, 3.8) is 0 Å². The highest BCUT2D eigenvalue weighted by Crippen LogP contribution is 2.49. The fourth-order valence-electron chi connectivity index (χ4n) is 5.98. The summed E-state index contributed by atoms with van der Waals surface area (Å²) in [6.45, 7) is 7.39. The van der Waals surface area contributed by atoms with E-state index >= 15 is 0 Å². The number of benzene rings is 1. The summed E-state index contributed by atoms with van der Waals surface area (Å²) in [5.41, 5.74) is 3.73. The number of fused-ring (bicyclic) bond motifs is 1. The van der Waals surface area contributed by atoms with E-state index in [4.69, 9.17) is 0 Å². The first kappa shape index (κ1) is 20.3. The Morgan fingerprint density at radius 2 is 1.55 bits per heavy atom. The molecule has 4 atom stereocenters. The standard InChI is InChI=1S/C25H31N3O3/c1-16-3-4-17(2)20(15-16)26-11-13-27(14-12-26)21(29)9-10-28-24(30)22-18-5-6-19(8-7-18)23(22)25(28)31/h3-6,15,18-19,22-23H,7-14H2,1-2H3/t18-,19-,22+,23+/m0/s1. The summed E-state index contributed by atoms with van der Waals surface area (Å²) in [6.07, 6.45) is 6.48. The van der Waals surface area contributed by atoms with Crippen LogP contribution < -0.4 is 4.90 Å². The molecule has 3 fully saturated rings. The molecule has 0 radical (unpaired) electrons. The van der Waals surface area contributed by atoms with Gasteiger partial charge in [0.1, 0.15) is 0 Å². The first-order valence-corrected chi connectivity index (χ1v) is 11.6. The largest absolute Gasteiger partial charge is 0.368 e. The van der Waals surface area contributed by atoms with Gasteiger partial charge < -0.3 is 9.80 Å². The van der Waals surface area contributed by atoms with Gasteiger partial charge in [0.15, 0.2) is 0 Å². The minimum absolute atomic E-state index is 0.0391. The van der Waals surface area contributed by atoms with E-state index in [9.17, 15) is 14.4 Å². The summed E-state index contributed by atoms with van der Waals surface area (Å²) in [4.78, 5) is 44.3. The molecular formula is C25H31N3O3. The van der Waals surface area contributed by atoms with Crippen molar-refractivity contribution in [3.8, 4) is 0 Å². The Kier molecular flexibility index (Phi) is 5.11. The molecule has 164 valence electrons. The Labute approximate surface area is 183 Å². The third-order valence-corrected chi connectivity index (χ3v) is 7.74. The maximum atomic E-state index is 12.9. The molecule has 2 bridgehead atoms. The minimum Gasteiger partial charge on any atom is -0.368 e. The van der Waals surface area contributed by atoms with Gasteiger partial charge in [-0.3, -0.25) is 19.3 Å². The quantitative estimate of drug-likeness (QED) is 0.554. The molecule has 2 heterocycles. The number of likely N-dealkylation sites (tertiary alicyclic amines) is 1. The van der Waals surface area contributed by atoms with Gasteiger partial charge in [-0.1, -0.05) is 24.3 Å². The number of amides is 3. The lowest BCUT2D eigenvalue weighted by Crippen LogP contribution is -2.49. The highest BCUT2D eigenvalue weighted by molar-refractivity contribution is 6.06. The van der Waals surface area contributed by atoms with Crippen molar-refractivity contribution in [2.45, 2.75) is 33.1 Å². The zero-order valence-corrected chi connectivity index (χ0v) is 18.4. The highest BCUT2D eigenvalue weighted by atomic mass is 16.2. The number of imide groups is 1. The maximum Gasteiger partial charge on any atom is 0.233 e. The van der Waals surface area contributed by atoms with E-state index in [1.807, 2.05) is 4.90 Å². The van der Waals surface area contributed by atoms with Crippen molar-refractivity contribution in [1.29, 1.82) is 0 Å². The second-order valence-corrected chi connectivity index (χ2v) is 9.58. The van der Waals surface area contributed by atoms with Gasteiger partial charge in [-0.15, -0.1) is 0 Å². The van der Waals surface area contributed by atoms with Crippen LogP contribution in [-0.4, -0.2) is 60.2 Å². The number of hydrogen-bond acceptors (Lipinski definition) is 4. The Morgan fingerprint density at radius 3 is 2.13 bits per heavy atom. The number of anilines is 1. The second-order valence-electron chi connectivity index (χ2n) is 9.58. The molecule has 1 aromatic carbocycles. The molecule has 2 saturated heterocycles. The first-order valence-electron chi connectivity index (χ1n) is 11.6. The smallest absolute Gasteiger partial charge is 0.233 e. The van der Waals surface area contributed by atoms with E-state index in [-0.39, 0.29) is 54.4 Å². The fourth-order valence-corrected chi connectivity index (χ4v) is 5.98. The fraction of sp³-hybridized carbons (Fsp3) is 0.560. The van der Waals surface area contributed by atoms with E-state index in [1.54, 1.807) is 0 Å². The Hall–Kier alpha value is -2.63. The predicted octanol–water partition coefficient (Wildman–Crippen LogP) is 2.54. The lowest BCUT2D eigenvalue weighted by Gasteiger charge is -2.38. The van der Waals surface area contributed by atoms with Crippen LogP contribution in [0.1, 0.15) is 30.4 Å². The minimum atomic E-state index is -0.188. The Morgan fingerprint density at radius 1 is 0.935 bits per heavy atom. The average molecular weight is 422 g/mol. The summed E-state index contributed by atoms with van der Waals surface area (Å²) in [6, 6.07) is 6.47. The van der Waals surface area contributed by atoms with E-state index in [0.717, 1.165) is 25.9 Å². The highest BCUT2D eigenvalue weighted by Gasteiger charge is 2.56. The topological polar surface area (TPSA) is 60.9 Å². The van der Waals surface area contributed by atoms with Gasteiger partial charge in [0.25, 0.3) is 0 Å². The van der Waals surface area contributed by atoms with Crippen LogP contribution in [0.4, 0.5) is 5.69 Å². The molecule has 1 aromatic rings. The van der Waals surface area contributed by atoms with E-state index in [1.165, 1.54) is 21.7 Å². The van der Waals surface area contributed by atoms with Gasteiger partial charge in [-0.2, -0.15) is 0 Å². The monoisotopic (exact) mass is 421 g/mol. The molecule has 0 N–H and O–H groups in total. The lowest BCUT2D eigenvalue weighted by molar-refractivity contribution is -0.141. The molecule has 1 saturated carbocycles. The van der Waals surface area contributed by atoms with Crippen LogP contribution in [0.2, 0.25) is 0 Å². The van der Waals surface area contributed by atoms with Crippen molar-refractivity contribution in [2.75, 3.05) is 37.6 Å². The third-order valence-electron chi connectivity index (χ3n) is 7.74. The SMILES string of the molecule is Cc1ccc(C)c(N2CCN(C(=O)CCN3C(=O)[C@H]4[C@H](C3=O)[C@H]3C=C[C@H]4CC3)CC2)c1. The molecule has 3 aliphatic carbocycles. The van der Waals surface area contributed by atoms with Gasteiger partial charge >= 0.3 is 0 Å². The van der Waals surface area contributed by atoms with Crippen molar-refractivity contribution in [3.05, 3.63) is 41.5 Å². The number of carbonyl (C=O) groups is 3. The third kappa shape index (κ3) is 3.46. The number of piperazine rings is 1. The van der Waals surface area contributed by atoms with Crippen molar-refractivity contribution in [1.82, 2.24) is 9.80 Å². The first-order chi connectivity index (χ1) is 14.9. The molecule has 0 spiro atoms. The number of nitrogens with zero attached hydrogens (tertiary/aromatic N) is 3. The molecule has 3 amide bonds. The molecular weight excluding hydrogens is 390 g/mol. The normalized spacial score (nSPS) is 29.7. The van der Waals surface area contributed by atoms with Gasteiger partial charge in [0.05, 0.1) is 11.8 Å². The maximum absolute atomic E-state index is 12.9. The summed E-state index contributed by atoms with van der Waals surface area (Å²) < 4.78 is 0. The van der Waals surface area contributed by atoms with E-state index in [2.05, 4.69) is 49.1 Å². The molecule has 31 heavy (non-hydrogen) atoms. The van der Waals surface area contributed by atoms with Crippen molar-refractivity contribution in [2.24, 2.45) is 23.7 Å². The van der Waals surface area contributed by atoms with Gasteiger partial charge in [-0.25, -0.2) is 0 Å². The van der Waals surface area contributed by atoms with Crippen LogP contribution in [-0.2, 0) is 14.4 Å². The molecule has 0 unspecified atom stereocenters. The van der Waals surface area contributed by atoms with Crippen molar-refractivity contribution < 1.29 is 14.4 Å². The molecule has 5 aliphatic rings. The van der Waals surface area contributed by atoms with Gasteiger partial charge in [0.2, 0.25) is 17.7 Å².